The van der Waals surface area contributed by atoms with Crippen LogP contribution in [0.5, 0.6) is 0 Å². The number of hydrogen-bond donors (Lipinski definition) is 0. The molecule has 11 heavy (non-hydrogen) atoms. The Kier molecular flexibility index (Phi) is 4.61. The van der Waals surface area contributed by atoms with Gasteiger partial charge in [-0.3, -0.25) is 0 Å². The molecule has 0 aromatic heterocycles. The monoisotopic (exact) mass is 176 g/mol. The van der Waals surface area contributed by atoms with Gasteiger partial charge in [0.25, 0.3) is 0 Å². The van der Waals surface area contributed by atoms with Crippen LogP contribution in [-0.4, -0.2) is 14.7 Å². The Labute approximate surface area is 67.5 Å². The van der Waals surface area contributed by atoms with Crippen molar-refractivity contribution in [1.29, 1.82) is 0 Å². The molecule has 0 amide bonds. The molecule has 64 valence electrons. The van der Waals surface area contributed by atoms with Gasteiger partial charge >= 0.3 is 10.1 Å². The van der Waals surface area contributed by atoms with E-state index in [1.165, 1.54) is 6.26 Å². The first-order chi connectivity index (χ1) is 5.06. The van der Waals surface area contributed by atoms with Crippen LogP contribution >= 0.6 is 0 Å². The van der Waals surface area contributed by atoms with Crippen molar-refractivity contribution in [3.05, 3.63) is 25.0 Å². The molecule has 0 fully saturated rings. The zero-order chi connectivity index (χ0) is 8.74. The summed E-state index contributed by atoms with van der Waals surface area (Å²) >= 11 is 0. The van der Waals surface area contributed by atoms with E-state index >= 15 is 0 Å². The molecule has 0 bridgehead atoms. The Bertz CT molecular complexity index is 226. The predicted molar refractivity (Wildman–Crippen MR) is 44.5 cm³/mol. The second-order valence-electron chi connectivity index (χ2n) is 2.04. The van der Waals surface area contributed by atoms with Crippen LogP contribution in [-0.2, 0) is 14.3 Å². The average molecular weight is 176 g/mol. The Morgan fingerprint density at radius 3 is 2.55 bits per heavy atom. The van der Waals surface area contributed by atoms with Gasteiger partial charge in [0.2, 0.25) is 0 Å². The molecule has 4 heteroatoms. The lowest BCUT2D eigenvalue weighted by Crippen LogP contribution is -1.95. The van der Waals surface area contributed by atoms with Crippen LogP contribution in [0.15, 0.2) is 25.0 Å². The normalized spacial score (nSPS) is 11.7. The molecular weight excluding hydrogens is 164 g/mol. The van der Waals surface area contributed by atoms with Gasteiger partial charge in [-0.15, -0.1) is 6.58 Å². The van der Waals surface area contributed by atoms with Crippen molar-refractivity contribution in [2.24, 2.45) is 0 Å². The summed E-state index contributed by atoms with van der Waals surface area (Å²) in [6.07, 6.45) is 7.15. The van der Waals surface area contributed by atoms with Gasteiger partial charge in [0, 0.05) is 0 Å². The highest BCUT2D eigenvalue weighted by Crippen LogP contribution is 1.93. The predicted octanol–water partition coefficient (Wildman–Crippen LogP) is 1.44. The molecule has 0 spiro atoms. The van der Waals surface area contributed by atoms with Gasteiger partial charge < -0.3 is 4.18 Å². The summed E-state index contributed by atoms with van der Waals surface area (Å²) in [5.41, 5.74) is 0. The van der Waals surface area contributed by atoms with Crippen molar-refractivity contribution >= 4 is 10.1 Å². The molecule has 0 saturated heterocycles. The van der Waals surface area contributed by atoms with Gasteiger partial charge in [0.05, 0.1) is 6.26 Å². The third kappa shape index (κ3) is 9.23. The Hall–Kier alpha value is -0.770. The van der Waals surface area contributed by atoms with Gasteiger partial charge in [0.15, 0.2) is 0 Å². The summed E-state index contributed by atoms with van der Waals surface area (Å²) < 4.78 is 25.1. The molecule has 0 aromatic rings. The van der Waals surface area contributed by atoms with Gasteiger partial charge in [-0.1, -0.05) is 6.08 Å². The summed E-state index contributed by atoms with van der Waals surface area (Å²) in [5.74, 6) is 0. The second kappa shape index (κ2) is 4.96. The van der Waals surface area contributed by atoms with Crippen LogP contribution in [0.25, 0.3) is 0 Å². The fourth-order valence-electron chi connectivity index (χ4n) is 0.422. The second-order valence-corrected chi connectivity index (χ2v) is 3.64. The van der Waals surface area contributed by atoms with Crippen molar-refractivity contribution in [1.82, 2.24) is 0 Å². The van der Waals surface area contributed by atoms with E-state index in [9.17, 15) is 8.42 Å². The molecule has 0 aromatic carbocycles. The first-order valence-electron chi connectivity index (χ1n) is 3.20. The number of allylic oxidation sites excluding steroid dienone is 2. The summed E-state index contributed by atoms with van der Waals surface area (Å²) in [5, 5.41) is 0. The molecule has 0 N–H and O–H groups in total. The third-order valence-electron chi connectivity index (χ3n) is 0.864. The summed E-state index contributed by atoms with van der Waals surface area (Å²) in [6, 6.07) is 0. The molecule has 3 nitrogen and oxygen atoms in total. The standard InChI is InChI=1S/C7H12O3S/c1-3-4-5-6-7-10-11(2,8)9/h3,6-7H,1,4-5H2,2H3. The average Bonchev–Trinajstić information content (AvgIpc) is 1.85. The SMILES string of the molecule is C=CCCC=COS(C)(=O)=O. The molecule has 0 unspecified atom stereocenters. The van der Waals surface area contributed by atoms with E-state index in [4.69, 9.17) is 0 Å². The minimum atomic E-state index is -3.32. The maximum Gasteiger partial charge on any atom is 0.305 e. The highest BCUT2D eigenvalue weighted by molar-refractivity contribution is 7.86. The number of unbranched alkanes of at least 4 members (excludes halogenated alkanes) is 1. The van der Waals surface area contributed by atoms with Crippen molar-refractivity contribution in [2.75, 3.05) is 6.26 Å². The first-order valence-corrected chi connectivity index (χ1v) is 5.02. The molecule has 0 saturated carbocycles. The minimum Gasteiger partial charge on any atom is -0.391 e. The summed E-state index contributed by atoms with van der Waals surface area (Å²) in [4.78, 5) is 0. The van der Waals surface area contributed by atoms with E-state index in [0.29, 0.717) is 0 Å². The van der Waals surface area contributed by atoms with Crippen molar-refractivity contribution < 1.29 is 12.6 Å². The lowest BCUT2D eigenvalue weighted by atomic mass is 10.3. The largest absolute Gasteiger partial charge is 0.391 e. The van der Waals surface area contributed by atoms with Gasteiger partial charge in [-0.05, 0) is 18.9 Å². The lowest BCUT2D eigenvalue weighted by Gasteiger charge is -1.92. The quantitative estimate of drug-likeness (QED) is 0.275. The van der Waals surface area contributed by atoms with E-state index in [1.807, 2.05) is 0 Å². The molecule has 0 radical (unpaired) electrons. The molecule has 0 aliphatic rings. The zero-order valence-electron chi connectivity index (χ0n) is 6.49. The van der Waals surface area contributed by atoms with E-state index in [2.05, 4.69) is 10.8 Å². The molecule has 0 atom stereocenters. The van der Waals surface area contributed by atoms with E-state index in [-0.39, 0.29) is 0 Å². The van der Waals surface area contributed by atoms with Crippen LogP contribution in [0.4, 0.5) is 0 Å². The fraction of sp³-hybridized carbons (Fsp3) is 0.429. The molecular formula is C7H12O3S. The van der Waals surface area contributed by atoms with Crippen molar-refractivity contribution in [2.45, 2.75) is 12.8 Å². The topological polar surface area (TPSA) is 43.4 Å². The fourth-order valence-corrected chi connectivity index (χ4v) is 0.703. The van der Waals surface area contributed by atoms with Crippen LogP contribution in [0.3, 0.4) is 0 Å². The Morgan fingerprint density at radius 1 is 1.45 bits per heavy atom. The summed E-state index contributed by atoms with van der Waals surface area (Å²) in [6.45, 7) is 3.51. The van der Waals surface area contributed by atoms with Crippen LogP contribution in [0, 0.1) is 0 Å². The molecule has 0 heterocycles. The van der Waals surface area contributed by atoms with E-state index in [0.717, 1.165) is 19.1 Å². The highest BCUT2D eigenvalue weighted by atomic mass is 32.2. The Balaban J connectivity index is 3.53. The van der Waals surface area contributed by atoms with E-state index < -0.39 is 10.1 Å². The lowest BCUT2D eigenvalue weighted by molar-refractivity contribution is 0.448. The van der Waals surface area contributed by atoms with Gasteiger partial charge in [0.1, 0.15) is 6.26 Å². The molecule has 0 aliphatic heterocycles. The van der Waals surface area contributed by atoms with Crippen LogP contribution < -0.4 is 0 Å². The zero-order valence-corrected chi connectivity index (χ0v) is 7.30. The third-order valence-corrected chi connectivity index (χ3v) is 1.32. The van der Waals surface area contributed by atoms with Crippen LogP contribution in [0.1, 0.15) is 12.8 Å². The maximum atomic E-state index is 10.4. The molecule has 0 rings (SSSR count). The van der Waals surface area contributed by atoms with Crippen molar-refractivity contribution in [3.63, 3.8) is 0 Å². The maximum absolute atomic E-state index is 10.4. The first kappa shape index (κ1) is 10.2. The highest BCUT2D eigenvalue weighted by Gasteiger charge is 1.94. The van der Waals surface area contributed by atoms with Crippen LogP contribution in [0.2, 0.25) is 0 Å². The van der Waals surface area contributed by atoms with Crippen molar-refractivity contribution in [3.8, 4) is 0 Å². The van der Waals surface area contributed by atoms with Gasteiger partial charge in [-0.2, -0.15) is 8.42 Å². The Morgan fingerprint density at radius 2 is 2.09 bits per heavy atom. The van der Waals surface area contributed by atoms with Gasteiger partial charge in [-0.25, -0.2) is 0 Å². The number of rotatable bonds is 5. The summed E-state index contributed by atoms with van der Waals surface area (Å²) in [7, 11) is -3.32. The van der Waals surface area contributed by atoms with E-state index in [1.54, 1.807) is 12.2 Å². The smallest absolute Gasteiger partial charge is 0.305 e. The molecule has 0 aliphatic carbocycles. The minimum absolute atomic E-state index is 0.749. The number of hydrogen-bond acceptors (Lipinski definition) is 3.